The Balaban J connectivity index is 1.53. The summed E-state index contributed by atoms with van der Waals surface area (Å²) in [7, 11) is 2.12. The summed E-state index contributed by atoms with van der Waals surface area (Å²) in [5.41, 5.74) is 11.8. The Bertz CT molecular complexity index is 1710. The van der Waals surface area contributed by atoms with Gasteiger partial charge in [-0.1, -0.05) is 0 Å². The zero-order valence-corrected chi connectivity index (χ0v) is 23.8. The van der Waals surface area contributed by atoms with Crippen LogP contribution in [0, 0.1) is 18.3 Å². The summed E-state index contributed by atoms with van der Waals surface area (Å²) in [5.74, 6) is 4.92. The number of fused-ring (bicyclic) bond motifs is 3. The van der Waals surface area contributed by atoms with E-state index in [4.69, 9.17) is 0 Å². The molecular weight excluding hydrogens is 509 g/mol. The Kier molecular flexibility index (Phi) is 5.62. The maximum absolute atomic E-state index is 10.5. The second-order valence-corrected chi connectivity index (χ2v) is 19.4. The predicted octanol–water partition coefficient (Wildman–Crippen LogP) is 6.50. The first-order valence-electron chi connectivity index (χ1n) is 12.7. The van der Waals surface area contributed by atoms with Gasteiger partial charge in [-0.2, -0.15) is 0 Å². The molecule has 0 N–H and O–H groups in total. The molecule has 37 heavy (non-hydrogen) atoms. The van der Waals surface area contributed by atoms with Crippen molar-refractivity contribution in [2.75, 3.05) is 0 Å². The van der Waals surface area contributed by atoms with Gasteiger partial charge in [0.25, 0.3) is 0 Å². The van der Waals surface area contributed by atoms with Crippen molar-refractivity contribution in [2.45, 2.75) is 18.4 Å². The van der Waals surface area contributed by atoms with E-state index in [9.17, 15) is 5.26 Å². The van der Waals surface area contributed by atoms with E-state index in [0.29, 0.717) is 0 Å². The number of nitrogens with zero attached hydrogens (tertiary/aromatic N) is 2. The summed E-state index contributed by atoms with van der Waals surface area (Å²) < 4.78 is 5.02. The molecule has 6 rings (SSSR count). The third kappa shape index (κ3) is 3.65. The van der Waals surface area contributed by atoms with Gasteiger partial charge in [0.2, 0.25) is 0 Å². The molecule has 0 saturated carbocycles. The van der Waals surface area contributed by atoms with Gasteiger partial charge in [-0.3, -0.25) is 0 Å². The Morgan fingerprint density at radius 2 is 1.24 bits per heavy atom. The fourth-order valence-corrected chi connectivity index (χ4v) is 14.1. The first-order chi connectivity index (χ1) is 17.9. The van der Waals surface area contributed by atoms with Crippen molar-refractivity contribution in [2.24, 2.45) is 7.05 Å². The van der Waals surface area contributed by atoms with Crippen LogP contribution in [-0.4, -0.2) is 13.3 Å². The molecule has 0 fully saturated rings. The molecule has 0 spiro atoms. The van der Waals surface area contributed by atoms with Crippen molar-refractivity contribution >= 4 is 22.1 Å². The van der Waals surface area contributed by atoms with Crippen molar-refractivity contribution in [1.82, 2.24) is 0 Å². The van der Waals surface area contributed by atoms with Crippen LogP contribution in [0.5, 0.6) is 0 Å². The summed E-state index contributed by atoms with van der Waals surface area (Å²) in [4.78, 5) is 0. The topological polar surface area (TPSA) is 27.7 Å². The van der Waals surface area contributed by atoms with E-state index < -0.39 is 13.3 Å². The van der Waals surface area contributed by atoms with E-state index in [-0.39, 0.29) is 0 Å². The molecule has 178 valence electrons. The van der Waals surface area contributed by atoms with Gasteiger partial charge in [-0.05, 0) is 0 Å². The van der Waals surface area contributed by atoms with Crippen molar-refractivity contribution in [1.29, 1.82) is 5.26 Å². The number of benzene rings is 4. The number of aromatic nitrogens is 1. The molecule has 1 aromatic heterocycles. The minimum absolute atomic E-state index is 0.854. The summed E-state index contributed by atoms with van der Waals surface area (Å²) in [6.45, 7) is 2.22. The third-order valence-corrected chi connectivity index (χ3v) is 15.3. The summed E-state index contributed by atoms with van der Waals surface area (Å²) >= 11 is -2.85. The van der Waals surface area contributed by atoms with Crippen LogP contribution in [0.15, 0.2) is 103 Å². The molecule has 2 heterocycles. The molecule has 1 aliphatic heterocycles. The summed E-state index contributed by atoms with van der Waals surface area (Å²) in [6, 6.07) is 37.1. The monoisotopic (exact) mass is 539 g/mol. The standard InChI is InChI=1S/C34H29GeN2/c1-23-13-18-29-28-20-19-27(26-16-14-25(15-17-26)24-10-6-5-7-11-24)30(22-36)33(28)35(2,3)34(29)32(23)31-12-8-9-21-37(31)4/h5-21H,1-4H3/q+1. The minimum atomic E-state index is -2.85. The van der Waals surface area contributed by atoms with Gasteiger partial charge in [-0.15, -0.1) is 0 Å². The van der Waals surface area contributed by atoms with Crippen molar-refractivity contribution < 1.29 is 4.57 Å². The van der Waals surface area contributed by atoms with Crippen LogP contribution in [0.4, 0.5) is 0 Å². The van der Waals surface area contributed by atoms with E-state index in [1.807, 2.05) is 6.07 Å². The molecule has 0 radical (unpaired) electrons. The van der Waals surface area contributed by atoms with E-state index in [1.165, 1.54) is 47.9 Å². The van der Waals surface area contributed by atoms with Gasteiger partial charge in [0, 0.05) is 0 Å². The summed E-state index contributed by atoms with van der Waals surface area (Å²) in [6.07, 6.45) is 2.12. The molecule has 3 heteroatoms. The van der Waals surface area contributed by atoms with Gasteiger partial charge in [-0.25, -0.2) is 0 Å². The summed E-state index contributed by atoms with van der Waals surface area (Å²) in [5, 5.41) is 10.5. The fraction of sp³-hybridized carbons (Fsp3) is 0.118. The molecule has 0 aliphatic carbocycles. The number of aryl methyl sites for hydroxylation is 2. The molecule has 5 aromatic rings. The Morgan fingerprint density at radius 3 is 1.95 bits per heavy atom. The fourth-order valence-electron chi connectivity index (χ4n) is 6.12. The SMILES string of the molecule is Cc1ccc2[c](c1-c1cccc[n+]1C)[Ge]([CH3])([CH3])[c]1c-2ccc(-c2ccc(-c3ccccc3)cc2)c1C#N. The number of nitriles is 1. The number of rotatable bonds is 3. The van der Waals surface area contributed by atoms with Gasteiger partial charge in [0.05, 0.1) is 0 Å². The van der Waals surface area contributed by atoms with Gasteiger partial charge in [0.15, 0.2) is 0 Å². The van der Waals surface area contributed by atoms with Crippen molar-refractivity contribution in [3.05, 3.63) is 114 Å². The van der Waals surface area contributed by atoms with Crippen LogP contribution in [0.2, 0.25) is 11.5 Å². The van der Waals surface area contributed by atoms with E-state index in [0.717, 1.165) is 16.7 Å². The molecule has 0 unspecified atom stereocenters. The molecule has 2 nitrogen and oxygen atoms in total. The molecule has 1 aliphatic rings. The second-order valence-electron chi connectivity index (χ2n) is 10.5. The molecular formula is C34H29GeN2+. The van der Waals surface area contributed by atoms with Crippen molar-refractivity contribution in [3.63, 3.8) is 0 Å². The Labute approximate surface area is 221 Å². The van der Waals surface area contributed by atoms with Gasteiger partial charge < -0.3 is 0 Å². The van der Waals surface area contributed by atoms with Crippen molar-refractivity contribution in [3.8, 4) is 50.7 Å². The first-order valence-corrected chi connectivity index (χ1v) is 19.0. The van der Waals surface area contributed by atoms with Crippen LogP contribution in [0.25, 0.3) is 44.6 Å². The number of hydrogen-bond donors (Lipinski definition) is 0. The van der Waals surface area contributed by atoms with Crippen LogP contribution < -0.4 is 13.4 Å². The molecule has 0 amide bonds. The van der Waals surface area contributed by atoms with Crippen LogP contribution in [-0.2, 0) is 7.05 Å². The Hall–Kier alpha value is -3.94. The van der Waals surface area contributed by atoms with Gasteiger partial charge >= 0.3 is 222 Å². The first kappa shape index (κ1) is 23.5. The van der Waals surface area contributed by atoms with Gasteiger partial charge in [0.1, 0.15) is 0 Å². The molecule has 0 atom stereocenters. The van der Waals surface area contributed by atoms with E-state index >= 15 is 0 Å². The molecule has 4 aromatic carbocycles. The number of pyridine rings is 1. The maximum atomic E-state index is 10.5. The third-order valence-electron chi connectivity index (χ3n) is 7.89. The average Bonchev–Trinajstić information content (AvgIpc) is 3.16. The quantitative estimate of drug-likeness (QED) is 0.191. The molecule has 0 bridgehead atoms. The van der Waals surface area contributed by atoms with Crippen LogP contribution in [0.3, 0.4) is 0 Å². The predicted molar refractivity (Wildman–Crippen MR) is 156 cm³/mol. The molecule has 0 saturated heterocycles. The average molecular weight is 538 g/mol. The van der Waals surface area contributed by atoms with Crippen LogP contribution >= 0.6 is 0 Å². The Morgan fingerprint density at radius 1 is 0.649 bits per heavy atom. The zero-order chi connectivity index (χ0) is 25.7. The van der Waals surface area contributed by atoms with E-state index in [1.54, 1.807) is 0 Å². The van der Waals surface area contributed by atoms with Crippen LogP contribution in [0.1, 0.15) is 11.1 Å². The van der Waals surface area contributed by atoms with E-state index in [2.05, 4.69) is 133 Å². The zero-order valence-electron chi connectivity index (χ0n) is 21.7. The second kappa shape index (κ2) is 8.87. The number of hydrogen-bond acceptors (Lipinski definition) is 1. The normalized spacial score (nSPS) is 13.1.